The first-order chi connectivity index (χ1) is 6.14. The molecule has 0 aromatic heterocycles. The highest BCUT2D eigenvalue weighted by Crippen LogP contribution is 2.41. The van der Waals surface area contributed by atoms with Crippen molar-refractivity contribution in [1.29, 1.82) is 0 Å². The maximum Gasteiger partial charge on any atom is 0.284 e. The predicted molar refractivity (Wildman–Crippen MR) is 58.2 cm³/mol. The Balaban J connectivity index is 2.64. The number of rotatable bonds is 4. The molecule has 0 amide bonds. The second kappa shape index (κ2) is 4.72. The van der Waals surface area contributed by atoms with Gasteiger partial charge in [0, 0.05) is 5.69 Å². The molecule has 2 N–H and O–H groups in total. The van der Waals surface area contributed by atoms with Crippen LogP contribution in [0.2, 0.25) is 0 Å². The molecule has 0 radical (unpaired) electrons. The van der Waals surface area contributed by atoms with Crippen LogP contribution in [0.5, 0.6) is 0 Å². The Hall–Kier alpha value is -0.410. The van der Waals surface area contributed by atoms with Crippen molar-refractivity contribution in [3.05, 3.63) is 30.3 Å². The second-order valence-electron chi connectivity index (χ2n) is 2.42. The second-order valence-corrected chi connectivity index (χ2v) is 5.42. The lowest BCUT2D eigenvalue weighted by atomic mass is 10.3. The van der Waals surface area contributed by atoms with E-state index in [0.717, 1.165) is 5.69 Å². The molecule has 13 heavy (non-hydrogen) atoms. The van der Waals surface area contributed by atoms with Crippen LogP contribution in [0.15, 0.2) is 30.3 Å². The van der Waals surface area contributed by atoms with Gasteiger partial charge in [-0.05, 0) is 30.9 Å². The summed E-state index contributed by atoms with van der Waals surface area (Å²) in [6.07, 6.45) is 0. The van der Waals surface area contributed by atoms with Crippen molar-refractivity contribution >= 4 is 24.1 Å². The average molecular weight is 217 g/mol. The van der Waals surface area contributed by atoms with E-state index in [4.69, 9.17) is 16.3 Å². The van der Waals surface area contributed by atoms with E-state index in [9.17, 15) is 4.89 Å². The third kappa shape index (κ3) is 3.87. The quantitative estimate of drug-likeness (QED) is 0.760. The van der Waals surface area contributed by atoms with E-state index in [1.807, 2.05) is 30.3 Å². The smallest absolute Gasteiger partial charge is 0.284 e. The lowest BCUT2D eigenvalue weighted by Crippen LogP contribution is -1.99. The molecule has 0 bridgehead atoms. The summed E-state index contributed by atoms with van der Waals surface area (Å²) >= 11 is 4.86. The number of para-hydroxylation sites is 1. The third-order valence-corrected chi connectivity index (χ3v) is 3.09. The summed E-state index contributed by atoms with van der Waals surface area (Å²) in [6.45, 7) is -0.625. The van der Waals surface area contributed by atoms with Gasteiger partial charge < -0.3 is 14.5 Å². The van der Waals surface area contributed by atoms with E-state index >= 15 is 0 Å². The fourth-order valence-corrected chi connectivity index (χ4v) is 2.41. The fourth-order valence-electron chi connectivity index (χ4n) is 0.883. The molecule has 1 aromatic rings. The highest BCUT2D eigenvalue weighted by molar-refractivity contribution is 8.10. The summed E-state index contributed by atoms with van der Waals surface area (Å²) in [5, 5.41) is 2.78. The maximum atomic E-state index is 9.56. The van der Waals surface area contributed by atoms with Gasteiger partial charge in [0.2, 0.25) is 0 Å². The normalized spacial score (nSPS) is 14.9. The highest BCUT2D eigenvalue weighted by atomic mass is 32.5. The van der Waals surface area contributed by atoms with Crippen LogP contribution in [0, 0.1) is 0 Å². The number of benzene rings is 1. The van der Waals surface area contributed by atoms with Crippen molar-refractivity contribution in [2.45, 2.75) is 6.92 Å². The van der Waals surface area contributed by atoms with E-state index in [1.165, 1.54) is 0 Å². The van der Waals surface area contributed by atoms with Crippen LogP contribution in [-0.4, -0.2) is 11.5 Å². The van der Waals surface area contributed by atoms with Gasteiger partial charge in [0.1, 0.15) is 0 Å². The standard InChI is InChI=1S/C8H12NO2PS/c1-2-11-12(10,13)9-8-6-4-3-5-7-8/h3-7H,2H2,1H3,(H2,9,10,13). The van der Waals surface area contributed by atoms with Crippen LogP contribution in [0.4, 0.5) is 5.69 Å². The van der Waals surface area contributed by atoms with Gasteiger partial charge in [-0.2, -0.15) is 0 Å². The van der Waals surface area contributed by atoms with Crippen LogP contribution < -0.4 is 5.09 Å². The first-order valence-electron chi connectivity index (χ1n) is 3.95. The molecule has 0 aliphatic carbocycles. The topological polar surface area (TPSA) is 41.5 Å². The fraction of sp³-hybridized carbons (Fsp3) is 0.250. The van der Waals surface area contributed by atoms with Crippen LogP contribution in [-0.2, 0) is 16.3 Å². The predicted octanol–water partition coefficient (Wildman–Crippen LogP) is 2.35. The van der Waals surface area contributed by atoms with Gasteiger partial charge in [-0.25, -0.2) is 0 Å². The van der Waals surface area contributed by atoms with Crippen LogP contribution in [0.1, 0.15) is 6.92 Å². The van der Waals surface area contributed by atoms with Crippen molar-refractivity contribution < 1.29 is 9.42 Å². The number of anilines is 1. The lowest BCUT2D eigenvalue weighted by molar-refractivity contribution is 0.331. The zero-order valence-electron chi connectivity index (χ0n) is 7.30. The Morgan fingerprint density at radius 2 is 2.08 bits per heavy atom. The van der Waals surface area contributed by atoms with E-state index in [2.05, 4.69) is 5.09 Å². The van der Waals surface area contributed by atoms with E-state index in [0.29, 0.717) is 6.61 Å². The van der Waals surface area contributed by atoms with E-state index in [1.54, 1.807) is 6.92 Å². The molecule has 1 aromatic carbocycles. The van der Waals surface area contributed by atoms with E-state index in [-0.39, 0.29) is 0 Å². The molecule has 72 valence electrons. The molecular formula is C8H12NO2PS. The summed E-state index contributed by atoms with van der Waals surface area (Å²) in [5.41, 5.74) is 0.779. The molecule has 0 saturated heterocycles. The van der Waals surface area contributed by atoms with Crippen LogP contribution in [0.3, 0.4) is 0 Å². The van der Waals surface area contributed by atoms with E-state index < -0.39 is 6.64 Å². The molecule has 1 unspecified atom stereocenters. The average Bonchev–Trinajstić information content (AvgIpc) is 2.04. The molecule has 0 heterocycles. The van der Waals surface area contributed by atoms with Crippen molar-refractivity contribution in [1.82, 2.24) is 0 Å². The summed E-state index contributed by atoms with van der Waals surface area (Å²) in [6, 6.07) is 9.28. The minimum absolute atomic E-state index is 0.410. The first kappa shape index (κ1) is 10.7. The Morgan fingerprint density at radius 3 is 2.62 bits per heavy atom. The molecule has 0 saturated carbocycles. The Morgan fingerprint density at radius 1 is 1.46 bits per heavy atom. The van der Waals surface area contributed by atoms with Gasteiger partial charge in [0.15, 0.2) is 0 Å². The Kier molecular flexibility index (Phi) is 3.88. The lowest BCUT2D eigenvalue weighted by Gasteiger charge is -2.16. The minimum Gasteiger partial charge on any atom is -0.330 e. The molecule has 5 heteroatoms. The molecule has 0 spiro atoms. The number of hydrogen-bond acceptors (Lipinski definition) is 2. The third-order valence-electron chi connectivity index (χ3n) is 1.35. The summed E-state index contributed by atoms with van der Waals surface area (Å²) in [4.78, 5) is 9.56. The minimum atomic E-state index is -2.83. The van der Waals surface area contributed by atoms with Crippen molar-refractivity contribution in [3.63, 3.8) is 0 Å². The van der Waals surface area contributed by atoms with Crippen molar-refractivity contribution in [3.8, 4) is 0 Å². The first-order valence-corrected chi connectivity index (χ1v) is 6.62. The molecule has 3 nitrogen and oxygen atoms in total. The van der Waals surface area contributed by atoms with Crippen LogP contribution in [0.25, 0.3) is 0 Å². The zero-order valence-corrected chi connectivity index (χ0v) is 9.02. The van der Waals surface area contributed by atoms with Gasteiger partial charge in [-0.3, -0.25) is 0 Å². The largest absolute Gasteiger partial charge is 0.330 e. The maximum absolute atomic E-state index is 9.56. The Labute approximate surface area is 83.0 Å². The van der Waals surface area contributed by atoms with Gasteiger partial charge in [-0.1, -0.05) is 18.2 Å². The molecular weight excluding hydrogens is 205 g/mol. The summed E-state index contributed by atoms with van der Waals surface area (Å²) < 4.78 is 5.00. The summed E-state index contributed by atoms with van der Waals surface area (Å²) in [7, 11) is 0. The molecule has 0 fully saturated rings. The van der Waals surface area contributed by atoms with Crippen molar-refractivity contribution in [2.24, 2.45) is 0 Å². The Bertz CT molecular complexity index is 304. The SMILES string of the molecule is CCOP(O)(=S)Nc1ccccc1. The van der Waals surface area contributed by atoms with Crippen molar-refractivity contribution in [2.75, 3.05) is 11.7 Å². The highest BCUT2D eigenvalue weighted by Gasteiger charge is 2.11. The molecule has 0 aliphatic rings. The van der Waals surface area contributed by atoms with Crippen LogP contribution >= 0.6 is 6.64 Å². The van der Waals surface area contributed by atoms with Gasteiger partial charge in [0.25, 0.3) is 6.64 Å². The van der Waals surface area contributed by atoms with Gasteiger partial charge >= 0.3 is 0 Å². The monoisotopic (exact) mass is 217 g/mol. The van der Waals surface area contributed by atoms with Gasteiger partial charge in [-0.15, -0.1) is 0 Å². The number of hydrogen-bond donors (Lipinski definition) is 2. The summed E-state index contributed by atoms with van der Waals surface area (Å²) in [5.74, 6) is 0. The van der Waals surface area contributed by atoms with Gasteiger partial charge in [0.05, 0.1) is 6.61 Å². The zero-order chi connectivity index (χ0) is 9.73. The number of nitrogens with one attached hydrogen (secondary N) is 1. The molecule has 1 rings (SSSR count). The molecule has 0 aliphatic heterocycles. The molecule has 1 atom stereocenters.